The van der Waals surface area contributed by atoms with Crippen molar-refractivity contribution >= 4 is 11.9 Å². The van der Waals surface area contributed by atoms with Gasteiger partial charge in [-0.1, -0.05) is 70.4 Å². The summed E-state index contributed by atoms with van der Waals surface area (Å²) in [5.74, 6) is -0.314. The third-order valence-electron chi connectivity index (χ3n) is 5.77. The zero-order valence-electron chi connectivity index (χ0n) is 22.9. The molecular weight excluding hydrogens is 488 g/mol. The second kappa shape index (κ2) is 19.0. The molecule has 0 radical (unpaired) electrons. The van der Waals surface area contributed by atoms with Crippen LogP contribution in [-0.4, -0.2) is 31.4 Å². The second-order valence-electron chi connectivity index (χ2n) is 8.90. The maximum absolute atomic E-state index is 12.5. The first-order chi connectivity index (χ1) is 18.6. The Hall–Kier alpha value is -3.10. The van der Waals surface area contributed by atoms with Gasteiger partial charge in [-0.2, -0.15) is 0 Å². The van der Waals surface area contributed by atoms with Gasteiger partial charge in [0.25, 0.3) is 0 Å². The van der Waals surface area contributed by atoms with E-state index in [1.54, 1.807) is 48.5 Å². The SMILES string of the molecule is CCCCCCCCCCCC(OOC(=O)c1cccc(OCC)c1)OOC(=O)c1cccc(OCC)c1. The van der Waals surface area contributed by atoms with E-state index in [2.05, 4.69) is 6.92 Å². The molecule has 0 unspecified atom stereocenters. The third kappa shape index (κ3) is 12.4. The summed E-state index contributed by atoms with van der Waals surface area (Å²) in [5.41, 5.74) is 0.532. The fraction of sp³-hybridized carbons (Fsp3) is 0.533. The molecule has 2 aromatic rings. The Kier molecular flexibility index (Phi) is 15.6. The molecule has 210 valence electrons. The number of rotatable bonds is 20. The van der Waals surface area contributed by atoms with Gasteiger partial charge >= 0.3 is 11.9 Å². The molecule has 0 saturated heterocycles. The summed E-state index contributed by atoms with van der Waals surface area (Å²) >= 11 is 0. The van der Waals surface area contributed by atoms with Crippen molar-refractivity contribution in [3.63, 3.8) is 0 Å². The van der Waals surface area contributed by atoms with Crippen LogP contribution in [0.5, 0.6) is 11.5 Å². The van der Waals surface area contributed by atoms with Gasteiger partial charge in [0.05, 0.1) is 24.3 Å². The number of hydrogen-bond acceptors (Lipinski definition) is 8. The largest absolute Gasteiger partial charge is 0.494 e. The highest BCUT2D eigenvalue weighted by Gasteiger charge is 2.20. The van der Waals surface area contributed by atoms with Crippen LogP contribution >= 0.6 is 0 Å². The molecule has 0 atom stereocenters. The number of ether oxygens (including phenoxy) is 2. The molecule has 0 spiro atoms. The van der Waals surface area contributed by atoms with Crippen LogP contribution in [0.25, 0.3) is 0 Å². The summed E-state index contributed by atoms with van der Waals surface area (Å²) in [4.78, 5) is 45.6. The molecule has 38 heavy (non-hydrogen) atoms. The van der Waals surface area contributed by atoms with Crippen molar-refractivity contribution < 1.29 is 38.6 Å². The van der Waals surface area contributed by atoms with Crippen molar-refractivity contribution in [2.75, 3.05) is 13.2 Å². The van der Waals surface area contributed by atoms with Crippen molar-refractivity contribution in [2.24, 2.45) is 0 Å². The van der Waals surface area contributed by atoms with E-state index in [-0.39, 0.29) is 11.1 Å². The van der Waals surface area contributed by atoms with Gasteiger partial charge in [-0.15, -0.1) is 9.78 Å². The fourth-order valence-electron chi connectivity index (χ4n) is 3.78. The highest BCUT2D eigenvalue weighted by molar-refractivity contribution is 5.89. The van der Waals surface area contributed by atoms with Crippen molar-refractivity contribution in [3.05, 3.63) is 59.7 Å². The molecule has 2 aromatic carbocycles. The van der Waals surface area contributed by atoms with Gasteiger partial charge in [0.2, 0.25) is 6.29 Å². The molecule has 0 amide bonds. The van der Waals surface area contributed by atoms with Crippen LogP contribution in [0.1, 0.15) is 106 Å². The summed E-state index contributed by atoms with van der Waals surface area (Å²) in [6, 6.07) is 13.2. The van der Waals surface area contributed by atoms with Crippen LogP contribution in [-0.2, 0) is 19.6 Å². The standard InChI is InChI=1S/C30H42O8/c1-4-7-8-9-10-11-12-13-14-21-28(35-37-29(31)24-17-15-19-26(22-24)33-5-2)36-38-30(32)25-18-16-20-27(23-25)34-6-3/h15-20,22-23,28H,4-14,21H2,1-3H3. The van der Waals surface area contributed by atoms with Gasteiger partial charge in [0.15, 0.2) is 0 Å². The van der Waals surface area contributed by atoms with Gasteiger partial charge in [-0.25, -0.2) is 9.59 Å². The Morgan fingerprint density at radius 3 is 1.53 bits per heavy atom. The van der Waals surface area contributed by atoms with Gasteiger partial charge in [0.1, 0.15) is 11.5 Å². The summed E-state index contributed by atoms with van der Waals surface area (Å²) in [5, 5.41) is 0. The summed E-state index contributed by atoms with van der Waals surface area (Å²) in [7, 11) is 0. The van der Waals surface area contributed by atoms with E-state index in [0.29, 0.717) is 31.1 Å². The zero-order chi connectivity index (χ0) is 27.4. The van der Waals surface area contributed by atoms with Crippen LogP contribution in [0.4, 0.5) is 0 Å². The van der Waals surface area contributed by atoms with E-state index >= 15 is 0 Å². The molecule has 8 nitrogen and oxygen atoms in total. The van der Waals surface area contributed by atoms with E-state index in [4.69, 9.17) is 29.0 Å². The lowest BCUT2D eigenvalue weighted by molar-refractivity contribution is -0.421. The normalized spacial score (nSPS) is 10.8. The van der Waals surface area contributed by atoms with Crippen molar-refractivity contribution in [1.29, 1.82) is 0 Å². The summed E-state index contributed by atoms with van der Waals surface area (Å²) in [6.07, 6.45) is 9.62. The number of carbonyl (C=O) groups is 2. The van der Waals surface area contributed by atoms with Crippen molar-refractivity contribution in [3.8, 4) is 11.5 Å². The zero-order valence-corrected chi connectivity index (χ0v) is 22.9. The van der Waals surface area contributed by atoms with Crippen LogP contribution in [0.2, 0.25) is 0 Å². The fourth-order valence-corrected chi connectivity index (χ4v) is 3.78. The lowest BCUT2D eigenvalue weighted by Crippen LogP contribution is -2.22. The monoisotopic (exact) mass is 530 g/mol. The molecule has 0 aliphatic heterocycles. The molecule has 0 saturated carbocycles. The molecule has 0 fully saturated rings. The minimum atomic E-state index is -1.07. The van der Waals surface area contributed by atoms with Gasteiger partial charge in [-0.05, 0) is 56.7 Å². The molecule has 2 rings (SSSR count). The highest BCUT2D eigenvalue weighted by Crippen LogP contribution is 2.18. The van der Waals surface area contributed by atoms with Crippen LogP contribution < -0.4 is 9.47 Å². The van der Waals surface area contributed by atoms with E-state index in [9.17, 15) is 9.59 Å². The predicted molar refractivity (Wildman–Crippen MR) is 144 cm³/mol. The smallest absolute Gasteiger partial charge is 0.373 e. The molecular formula is C30H42O8. The molecule has 0 N–H and O–H groups in total. The maximum Gasteiger partial charge on any atom is 0.373 e. The topological polar surface area (TPSA) is 89.5 Å². The molecule has 0 heterocycles. The Labute approximate surface area is 226 Å². The average molecular weight is 531 g/mol. The van der Waals surface area contributed by atoms with Crippen LogP contribution in [0, 0.1) is 0 Å². The Balaban J connectivity index is 1.88. The quantitative estimate of drug-likeness (QED) is 0.0748. The lowest BCUT2D eigenvalue weighted by atomic mass is 10.1. The minimum absolute atomic E-state index is 0.266. The first-order valence-corrected chi connectivity index (χ1v) is 13.8. The number of carbonyl (C=O) groups excluding carboxylic acids is 2. The van der Waals surface area contributed by atoms with Crippen LogP contribution in [0.15, 0.2) is 48.5 Å². The number of benzene rings is 2. The highest BCUT2D eigenvalue weighted by atomic mass is 17.3. The Bertz CT molecular complexity index is 880. The predicted octanol–water partition coefficient (Wildman–Crippen LogP) is 7.61. The molecule has 0 aliphatic carbocycles. The third-order valence-corrected chi connectivity index (χ3v) is 5.77. The van der Waals surface area contributed by atoms with E-state index in [0.717, 1.165) is 19.3 Å². The van der Waals surface area contributed by atoms with E-state index < -0.39 is 18.2 Å². The molecule has 0 aliphatic rings. The van der Waals surface area contributed by atoms with Crippen LogP contribution in [0.3, 0.4) is 0 Å². The van der Waals surface area contributed by atoms with Gasteiger partial charge in [0, 0.05) is 6.42 Å². The summed E-state index contributed by atoms with van der Waals surface area (Å²) in [6.45, 7) is 6.88. The van der Waals surface area contributed by atoms with E-state index in [1.165, 1.54) is 38.5 Å². The van der Waals surface area contributed by atoms with E-state index in [1.807, 2.05) is 13.8 Å². The Morgan fingerprint density at radius 1 is 0.632 bits per heavy atom. The van der Waals surface area contributed by atoms with Crippen molar-refractivity contribution in [2.45, 2.75) is 91.3 Å². The number of hydrogen-bond donors (Lipinski definition) is 0. The minimum Gasteiger partial charge on any atom is -0.494 e. The molecule has 0 bridgehead atoms. The second-order valence-corrected chi connectivity index (χ2v) is 8.90. The average Bonchev–Trinajstić information content (AvgIpc) is 2.93. The number of unbranched alkanes of at least 4 members (excludes halogenated alkanes) is 8. The van der Waals surface area contributed by atoms with Gasteiger partial charge in [-0.3, -0.25) is 9.78 Å². The summed E-state index contributed by atoms with van der Waals surface area (Å²) < 4.78 is 10.9. The first kappa shape index (κ1) is 31.1. The molecule has 0 aromatic heterocycles. The maximum atomic E-state index is 12.5. The van der Waals surface area contributed by atoms with Gasteiger partial charge < -0.3 is 9.47 Å². The van der Waals surface area contributed by atoms with Crippen molar-refractivity contribution in [1.82, 2.24) is 0 Å². The lowest BCUT2D eigenvalue weighted by Gasteiger charge is -2.15. The Morgan fingerprint density at radius 2 is 1.08 bits per heavy atom. The first-order valence-electron chi connectivity index (χ1n) is 13.8. The molecule has 8 heteroatoms.